The van der Waals surface area contributed by atoms with Crippen molar-refractivity contribution in [3.63, 3.8) is 0 Å². The Bertz CT molecular complexity index is 1300. The summed E-state index contributed by atoms with van der Waals surface area (Å²) in [6.07, 6.45) is -1.57. The van der Waals surface area contributed by atoms with Crippen molar-refractivity contribution in [2.75, 3.05) is 6.61 Å². The first-order valence-electron chi connectivity index (χ1n) is 10.8. The number of aliphatic hydroxyl groups is 1. The zero-order valence-corrected chi connectivity index (χ0v) is 21.3. The minimum Gasteiger partial charge on any atom is -0.394 e. The van der Waals surface area contributed by atoms with Gasteiger partial charge in [0.1, 0.15) is 18.3 Å². The summed E-state index contributed by atoms with van der Waals surface area (Å²) in [5, 5.41) is 10.2. The van der Waals surface area contributed by atoms with Crippen LogP contribution in [0.25, 0.3) is 0 Å². The van der Waals surface area contributed by atoms with Crippen LogP contribution in [0.3, 0.4) is 0 Å². The summed E-state index contributed by atoms with van der Waals surface area (Å²) < 4.78 is 19.9. The summed E-state index contributed by atoms with van der Waals surface area (Å²) in [5.41, 5.74) is -1.11. The van der Waals surface area contributed by atoms with Gasteiger partial charge in [0.2, 0.25) is 0 Å². The molecule has 0 aliphatic carbocycles. The van der Waals surface area contributed by atoms with E-state index in [0.29, 0.717) is 0 Å². The average molecular weight is 549 g/mol. The smallest absolute Gasteiger partial charge is 0.330 e. The Balaban J connectivity index is 1.29. The summed E-state index contributed by atoms with van der Waals surface area (Å²) in [5.74, 6) is 0. The number of rotatable bonds is 6. The molecule has 1 aromatic heterocycles. The van der Waals surface area contributed by atoms with Crippen molar-refractivity contribution in [1.82, 2.24) is 9.55 Å². The number of H-pyrrole nitrogens is 1. The van der Waals surface area contributed by atoms with Crippen LogP contribution in [0.15, 0.2) is 90.0 Å². The van der Waals surface area contributed by atoms with Gasteiger partial charge in [0, 0.05) is 31.8 Å². The van der Waals surface area contributed by atoms with Crippen LogP contribution in [-0.2, 0) is 14.2 Å². The van der Waals surface area contributed by atoms with Gasteiger partial charge in [-0.1, -0.05) is 71.3 Å². The first-order chi connectivity index (χ1) is 17.1. The van der Waals surface area contributed by atoms with Gasteiger partial charge < -0.3 is 19.3 Å². The number of benzene rings is 2. The zero-order valence-electron chi connectivity index (χ0n) is 18.0. The van der Waals surface area contributed by atoms with Crippen LogP contribution in [-0.4, -0.2) is 49.1 Å². The molecule has 3 aromatic rings. The molecule has 2 aromatic carbocycles. The van der Waals surface area contributed by atoms with E-state index in [2.05, 4.69) is 4.98 Å². The largest absolute Gasteiger partial charge is 0.394 e. The predicted molar refractivity (Wildman–Crippen MR) is 136 cm³/mol. The van der Waals surface area contributed by atoms with Crippen molar-refractivity contribution in [3.05, 3.63) is 81.6 Å². The van der Waals surface area contributed by atoms with Gasteiger partial charge in [0.15, 0.2) is 15.8 Å². The fourth-order valence-electron chi connectivity index (χ4n) is 4.14. The van der Waals surface area contributed by atoms with Crippen LogP contribution < -0.4 is 11.2 Å². The Morgan fingerprint density at radius 3 is 1.83 bits per heavy atom. The molecular formula is C23H20N2O6S4. The molecule has 3 aliphatic heterocycles. The highest BCUT2D eigenvalue weighted by atomic mass is 32.2. The maximum absolute atomic E-state index is 12.6. The molecule has 182 valence electrons. The molecule has 0 spiro atoms. The van der Waals surface area contributed by atoms with E-state index in [1.165, 1.54) is 16.8 Å². The van der Waals surface area contributed by atoms with Crippen LogP contribution in [0, 0.1) is 0 Å². The molecule has 0 radical (unpaired) electrons. The molecule has 0 unspecified atom stereocenters. The van der Waals surface area contributed by atoms with E-state index in [-0.39, 0.29) is 16.1 Å². The lowest BCUT2D eigenvalue weighted by molar-refractivity contribution is -0.0704. The van der Waals surface area contributed by atoms with Crippen LogP contribution in [0.4, 0.5) is 0 Å². The molecule has 8 nitrogen and oxygen atoms in total. The zero-order chi connectivity index (χ0) is 23.9. The maximum atomic E-state index is 12.6. The molecule has 1 fully saturated rings. The highest BCUT2D eigenvalue weighted by molar-refractivity contribution is 8.19. The lowest BCUT2D eigenvalue weighted by Crippen LogP contribution is -2.42. The van der Waals surface area contributed by atoms with Gasteiger partial charge in [-0.3, -0.25) is 14.3 Å². The number of hydrogen-bond donors (Lipinski definition) is 2. The number of ether oxygens (including phenoxy) is 3. The number of aromatic nitrogens is 2. The SMILES string of the molecule is O=c1ccn([C@@H]2O[C@H](CO)[C@@H](OC3Sc4ccccc4S3)[C@H]2OC2Sc3ccccc3S2)c(=O)[nH]1. The molecule has 12 heteroatoms. The Morgan fingerprint density at radius 2 is 1.34 bits per heavy atom. The predicted octanol–water partition coefficient (Wildman–Crippen LogP) is 3.56. The summed E-state index contributed by atoms with van der Waals surface area (Å²) in [6, 6.07) is 17.4. The lowest BCUT2D eigenvalue weighted by atomic mass is 10.1. The molecule has 2 N–H and O–H groups in total. The molecular weight excluding hydrogens is 529 g/mol. The number of hydrogen-bond acceptors (Lipinski definition) is 10. The minimum atomic E-state index is -0.884. The molecule has 0 bridgehead atoms. The number of nitrogens with zero attached hydrogens (tertiary/aromatic N) is 1. The van der Waals surface area contributed by atoms with Gasteiger partial charge in [0.05, 0.1) is 6.61 Å². The Labute approximate surface area is 217 Å². The van der Waals surface area contributed by atoms with Crippen LogP contribution in [0.1, 0.15) is 6.23 Å². The van der Waals surface area contributed by atoms with Crippen LogP contribution >= 0.6 is 47.0 Å². The van der Waals surface area contributed by atoms with Crippen molar-refractivity contribution in [2.45, 2.75) is 53.7 Å². The number of aliphatic hydroxyl groups excluding tert-OH is 1. The fourth-order valence-corrected chi connectivity index (χ4v) is 9.27. The molecule has 0 amide bonds. The summed E-state index contributed by atoms with van der Waals surface area (Å²) in [7, 11) is 0. The van der Waals surface area contributed by atoms with E-state index in [9.17, 15) is 14.7 Å². The van der Waals surface area contributed by atoms with Gasteiger partial charge in [0.25, 0.3) is 5.56 Å². The topological polar surface area (TPSA) is 103 Å². The first-order valence-corrected chi connectivity index (χ1v) is 14.3. The summed E-state index contributed by atoms with van der Waals surface area (Å²) in [6.45, 7) is -0.306. The van der Waals surface area contributed by atoms with E-state index in [1.54, 1.807) is 47.0 Å². The molecule has 4 atom stereocenters. The monoisotopic (exact) mass is 548 g/mol. The van der Waals surface area contributed by atoms with E-state index in [4.69, 9.17) is 14.2 Å². The molecule has 35 heavy (non-hydrogen) atoms. The molecule has 1 saturated heterocycles. The maximum Gasteiger partial charge on any atom is 0.330 e. The fraction of sp³-hybridized carbons (Fsp3) is 0.304. The average Bonchev–Trinajstić information content (AvgIpc) is 3.54. The van der Waals surface area contributed by atoms with Crippen molar-refractivity contribution in [2.24, 2.45) is 0 Å². The number of nitrogens with one attached hydrogen (secondary N) is 1. The summed E-state index contributed by atoms with van der Waals surface area (Å²) >= 11 is 6.35. The van der Waals surface area contributed by atoms with Gasteiger partial charge in [-0.25, -0.2) is 4.79 Å². The number of aromatic amines is 1. The van der Waals surface area contributed by atoms with Gasteiger partial charge in [-0.15, -0.1) is 0 Å². The summed E-state index contributed by atoms with van der Waals surface area (Å²) in [4.78, 5) is 31.0. The van der Waals surface area contributed by atoms with Gasteiger partial charge >= 0.3 is 5.69 Å². The van der Waals surface area contributed by atoms with Crippen LogP contribution in [0.5, 0.6) is 0 Å². The van der Waals surface area contributed by atoms with E-state index < -0.39 is 35.8 Å². The standard InChI is InChI=1S/C23H20N2O6S4/c26-11-12-18(30-22-32-13-5-1-2-6-14(13)33-22)19(20(29-12)25-10-9-17(27)24-21(25)28)31-23-34-15-7-3-4-8-16(15)35-23/h1-10,12,18-20,22-23,26H,11H2,(H,24,27,28)/t12-,18-,19-,20-/m1/s1. The molecule has 4 heterocycles. The number of fused-ring (bicyclic) bond motifs is 2. The molecule has 3 aliphatic rings. The normalized spacial score (nSPS) is 26.2. The Hall–Kier alpha value is -1.64. The quantitative estimate of drug-likeness (QED) is 0.475. The highest BCUT2D eigenvalue weighted by Gasteiger charge is 2.50. The second kappa shape index (κ2) is 10.0. The van der Waals surface area contributed by atoms with Gasteiger partial charge in [-0.05, 0) is 24.3 Å². The molecule has 0 saturated carbocycles. The van der Waals surface area contributed by atoms with E-state index >= 15 is 0 Å². The first kappa shape index (κ1) is 23.7. The second-order valence-corrected chi connectivity index (χ2v) is 12.9. The third-order valence-electron chi connectivity index (χ3n) is 5.72. The number of thioether (sulfide) groups is 4. The highest BCUT2D eigenvalue weighted by Crippen LogP contribution is 2.52. The molecule has 6 rings (SSSR count). The Kier molecular flexibility index (Phi) is 6.80. The third kappa shape index (κ3) is 4.74. The van der Waals surface area contributed by atoms with Gasteiger partial charge in [-0.2, -0.15) is 0 Å². The second-order valence-electron chi connectivity index (χ2n) is 7.91. The lowest BCUT2D eigenvalue weighted by Gasteiger charge is -2.28. The van der Waals surface area contributed by atoms with E-state index in [1.807, 2.05) is 48.5 Å². The third-order valence-corrected chi connectivity index (χ3v) is 10.8. The van der Waals surface area contributed by atoms with Crippen molar-refractivity contribution in [3.8, 4) is 0 Å². The van der Waals surface area contributed by atoms with Crippen molar-refractivity contribution >= 4 is 47.0 Å². The van der Waals surface area contributed by atoms with Crippen LogP contribution in [0.2, 0.25) is 0 Å². The van der Waals surface area contributed by atoms with E-state index in [0.717, 1.165) is 19.6 Å². The van der Waals surface area contributed by atoms with Crippen molar-refractivity contribution < 1.29 is 19.3 Å². The van der Waals surface area contributed by atoms with Crippen molar-refractivity contribution in [1.29, 1.82) is 0 Å². The Morgan fingerprint density at radius 1 is 0.829 bits per heavy atom. The minimum absolute atomic E-state index is 0.256.